The van der Waals surface area contributed by atoms with Gasteiger partial charge in [0.2, 0.25) is 0 Å². The van der Waals surface area contributed by atoms with Crippen molar-refractivity contribution < 1.29 is 13.5 Å². The lowest BCUT2D eigenvalue weighted by molar-refractivity contribution is 0.350. The highest BCUT2D eigenvalue weighted by molar-refractivity contribution is 7.92. The predicted molar refractivity (Wildman–Crippen MR) is 80.5 cm³/mol. The molecule has 0 spiro atoms. The summed E-state index contributed by atoms with van der Waals surface area (Å²) in [7, 11) is -3.76. The summed E-state index contributed by atoms with van der Waals surface area (Å²) in [5.74, 6) is 5.04. The number of halogens is 1. The van der Waals surface area contributed by atoms with Crippen LogP contribution in [-0.4, -0.2) is 25.1 Å². The van der Waals surface area contributed by atoms with Crippen LogP contribution >= 0.6 is 11.6 Å². The summed E-state index contributed by atoms with van der Waals surface area (Å²) in [4.78, 5) is 3.82. The maximum Gasteiger partial charge on any atom is 0.263 e. The molecule has 0 aliphatic carbocycles. The van der Waals surface area contributed by atoms with Gasteiger partial charge in [-0.2, -0.15) is 0 Å². The van der Waals surface area contributed by atoms with Crippen LogP contribution in [0.4, 0.5) is 5.69 Å². The van der Waals surface area contributed by atoms with E-state index in [1.54, 1.807) is 24.3 Å². The van der Waals surface area contributed by atoms with Crippen molar-refractivity contribution in [3.8, 4) is 11.8 Å². The normalized spacial score (nSPS) is 10.6. The van der Waals surface area contributed by atoms with Gasteiger partial charge >= 0.3 is 0 Å². The summed E-state index contributed by atoms with van der Waals surface area (Å²) < 4.78 is 26.9. The maximum atomic E-state index is 12.2. The Morgan fingerprint density at radius 3 is 2.62 bits per heavy atom. The van der Waals surface area contributed by atoms with E-state index in [0.717, 1.165) is 0 Å². The third kappa shape index (κ3) is 4.20. The highest BCUT2D eigenvalue weighted by atomic mass is 35.5. The average Bonchev–Trinajstić information content (AvgIpc) is 2.48. The fraction of sp³-hybridized carbons (Fsp3) is 0.0714. The molecular weight excluding hydrogens is 312 g/mol. The monoisotopic (exact) mass is 322 g/mol. The van der Waals surface area contributed by atoms with Crippen molar-refractivity contribution in [1.29, 1.82) is 0 Å². The van der Waals surface area contributed by atoms with Crippen LogP contribution in [0.2, 0.25) is 5.02 Å². The zero-order chi connectivity index (χ0) is 15.3. The molecule has 2 aromatic rings. The van der Waals surface area contributed by atoms with E-state index in [-0.39, 0.29) is 11.5 Å². The van der Waals surface area contributed by atoms with Gasteiger partial charge in [-0.15, -0.1) is 0 Å². The van der Waals surface area contributed by atoms with E-state index >= 15 is 0 Å². The number of aromatic nitrogens is 1. The zero-order valence-corrected chi connectivity index (χ0v) is 12.3. The molecule has 108 valence electrons. The third-order valence-electron chi connectivity index (χ3n) is 2.43. The van der Waals surface area contributed by atoms with Gasteiger partial charge in [-0.3, -0.25) is 9.71 Å². The first-order chi connectivity index (χ1) is 10.0. The first-order valence-corrected chi connectivity index (χ1v) is 7.70. The van der Waals surface area contributed by atoms with E-state index in [1.165, 1.54) is 18.5 Å². The van der Waals surface area contributed by atoms with E-state index in [0.29, 0.717) is 16.3 Å². The van der Waals surface area contributed by atoms with E-state index in [4.69, 9.17) is 16.7 Å². The van der Waals surface area contributed by atoms with Gasteiger partial charge < -0.3 is 5.11 Å². The van der Waals surface area contributed by atoms with Crippen molar-refractivity contribution in [1.82, 2.24) is 4.98 Å². The average molecular weight is 323 g/mol. The fourth-order valence-electron chi connectivity index (χ4n) is 1.51. The number of rotatable bonds is 3. The molecule has 1 aromatic heterocycles. The fourth-order valence-corrected chi connectivity index (χ4v) is 2.68. The lowest BCUT2D eigenvalue weighted by Gasteiger charge is -2.08. The van der Waals surface area contributed by atoms with Gasteiger partial charge in [-0.1, -0.05) is 23.4 Å². The molecule has 0 atom stereocenters. The number of pyridine rings is 1. The molecule has 5 nitrogen and oxygen atoms in total. The number of aliphatic hydroxyl groups is 1. The van der Waals surface area contributed by atoms with Gasteiger partial charge in [-0.25, -0.2) is 8.42 Å². The molecule has 21 heavy (non-hydrogen) atoms. The van der Waals surface area contributed by atoms with Gasteiger partial charge in [0.15, 0.2) is 0 Å². The first-order valence-electron chi connectivity index (χ1n) is 5.84. The molecule has 7 heteroatoms. The Morgan fingerprint density at radius 2 is 1.95 bits per heavy atom. The molecule has 0 saturated heterocycles. The molecule has 0 saturated carbocycles. The van der Waals surface area contributed by atoms with Gasteiger partial charge in [0, 0.05) is 28.7 Å². The van der Waals surface area contributed by atoms with Crippen molar-refractivity contribution >= 4 is 27.3 Å². The predicted octanol–water partition coefficient (Wildman–Crippen LogP) is 1.88. The molecule has 0 aliphatic rings. The summed E-state index contributed by atoms with van der Waals surface area (Å²) in [5, 5.41) is 9.15. The largest absolute Gasteiger partial charge is 0.384 e. The second-order valence-corrected chi connectivity index (χ2v) is 6.10. The van der Waals surface area contributed by atoms with E-state index < -0.39 is 10.0 Å². The van der Waals surface area contributed by atoms with Crippen LogP contribution in [0.15, 0.2) is 47.6 Å². The van der Waals surface area contributed by atoms with Crippen molar-refractivity contribution in [3.63, 3.8) is 0 Å². The summed E-state index contributed by atoms with van der Waals surface area (Å²) in [6, 6.07) is 7.67. The molecule has 2 rings (SSSR count). The van der Waals surface area contributed by atoms with Crippen molar-refractivity contribution in [2.45, 2.75) is 4.90 Å². The molecule has 0 amide bonds. The van der Waals surface area contributed by atoms with Crippen molar-refractivity contribution in [2.24, 2.45) is 0 Å². The summed E-state index contributed by atoms with van der Waals surface area (Å²) >= 11 is 5.75. The molecule has 0 radical (unpaired) electrons. The van der Waals surface area contributed by atoms with E-state index in [1.807, 2.05) is 0 Å². The topological polar surface area (TPSA) is 79.3 Å². The standard InChI is InChI=1S/C14H11ClN2O3S/c15-12-3-5-13(6-4-12)17-21(19,20)14-8-11(2-1-7-18)9-16-10-14/h3-6,8-10,17-18H,7H2. The van der Waals surface area contributed by atoms with Crippen LogP contribution in [0.1, 0.15) is 5.56 Å². The van der Waals surface area contributed by atoms with Crippen LogP contribution in [0, 0.1) is 11.8 Å². The molecule has 2 N–H and O–H groups in total. The number of hydrogen-bond donors (Lipinski definition) is 2. The van der Waals surface area contributed by atoms with Crippen LogP contribution < -0.4 is 4.72 Å². The first kappa shape index (κ1) is 15.3. The van der Waals surface area contributed by atoms with Crippen LogP contribution in [0.3, 0.4) is 0 Å². The van der Waals surface area contributed by atoms with Crippen molar-refractivity contribution in [3.05, 3.63) is 53.3 Å². The van der Waals surface area contributed by atoms with Gasteiger partial charge in [-0.05, 0) is 30.3 Å². The SMILES string of the molecule is O=S(=O)(Nc1ccc(Cl)cc1)c1cncc(C#CCO)c1. The second-order valence-electron chi connectivity index (χ2n) is 3.98. The molecule has 0 bridgehead atoms. The number of hydrogen-bond acceptors (Lipinski definition) is 4. The number of anilines is 1. The molecule has 0 aliphatic heterocycles. The maximum absolute atomic E-state index is 12.2. The number of benzene rings is 1. The smallest absolute Gasteiger partial charge is 0.263 e. The molecule has 0 fully saturated rings. The molecule has 1 heterocycles. The molecular formula is C14H11ClN2O3S. The minimum Gasteiger partial charge on any atom is -0.384 e. The zero-order valence-electron chi connectivity index (χ0n) is 10.7. The number of sulfonamides is 1. The van der Waals surface area contributed by atoms with Gasteiger partial charge in [0.1, 0.15) is 11.5 Å². The van der Waals surface area contributed by atoms with Crippen molar-refractivity contribution in [2.75, 3.05) is 11.3 Å². The van der Waals surface area contributed by atoms with Gasteiger partial charge in [0.25, 0.3) is 10.0 Å². The Balaban J connectivity index is 2.29. The van der Waals surface area contributed by atoms with Crippen LogP contribution in [0.5, 0.6) is 0 Å². The quantitative estimate of drug-likeness (QED) is 0.846. The highest BCUT2D eigenvalue weighted by Gasteiger charge is 2.15. The minimum atomic E-state index is -3.76. The molecule has 1 aromatic carbocycles. The Bertz CT molecular complexity index is 793. The second kappa shape index (κ2) is 6.59. The van der Waals surface area contributed by atoms with Gasteiger partial charge in [0.05, 0.1) is 0 Å². The van der Waals surface area contributed by atoms with Crippen LogP contribution in [0.25, 0.3) is 0 Å². The summed E-state index contributed by atoms with van der Waals surface area (Å²) in [5.41, 5.74) is 0.800. The molecule has 0 unspecified atom stereocenters. The Morgan fingerprint density at radius 1 is 1.24 bits per heavy atom. The Hall–Kier alpha value is -2.07. The summed E-state index contributed by atoms with van der Waals surface area (Å²) in [6.45, 7) is -0.306. The number of nitrogens with zero attached hydrogens (tertiary/aromatic N) is 1. The lowest BCUT2D eigenvalue weighted by Crippen LogP contribution is -2.13. The van der Waals surface area contributed by atoms with E-state index in [2.05, 4.69) is 21.5 Å². The third-order valence-corrected chi connectivity index (χ3v) is 4.03. The van der Waals surface area contributed by atoms with E-state index in [9.17, 15) is 8.42 Å². The number of nitrogens with one attached hydrogen (secondary N) is 1. The number of aliphatic hydroxyl groups excluding tert-OH is 1. The summed E-state index contributed by atoms with van der Waals surface area (Å²) in [6.07, 6.45) is 2.65. The Labute approximate surface area is 127 Å². The Kier molecular flexibility index (Phi) is 4.81. The lowest BCUT2D eigenvalue weighted by atomic mass is 10.3. The minimum absolute atomic E-state index is 0.0119. The van der Waals surface area contributed by atoms with Crippen LogP contribution in [-0.2, 0) is 10.0 Å². The highest BCUT2D eigenvalue weighted by Crippen LogP contribution is 2.18.